The van der Waals surface area contributed by atoms with Crippen molar-refractivity contribution in [3.63, 3.8) is 0 Å². The van der Waals surface area contributed by atoms with Crippen molar-refractivity contribution in [1.29, 1.82) is 0 Å². The molecule has 0 aliphatic heterocycles. The zero-order valence-electron chi connectivity index (χ0n) is 15.6. The largest absolute Gasteiger partial charge is 0.421 e. The number of aromatic amines is 1. The van der Waals surface area contributed by atoms with Crippen molar-refractivity contribution in [3.8, 4) is 11.8 Å². The Morgan fingerprint density at radius 3 is 2.69 bits per heavy atom. The minimum atomic E-state index is -1.33. The lowest BCUT2D eigenvalue weighted by atomic mass is 10.0. The van der Waals surface area contributed by atoms with Crippen LogP contribution in [0.15, 0.2) is 18.5 Å². The highest BCUT2D eigenvalue weighted by Crippen LogP contribution is 2.41. The zero-order chi connectivity index (χ0) is 20.3. The van der Waals surface area contributed by atoms with Crippen molar-refractivity contribution >= 4 is 27.6 Å². The Morgan fingerprint density at radius 1 is 1.21 bits per heavy atom. The Labute approximate surface area is 163 Å². The van der Waals surface area contributed by atoms with Crippen molar-refractivity contribution in [3.05, 3.63) is 41.4 Å². The molecule has 3 aromatic heterocycles. The van der Waals surface area contributed by atoms with Crippen LogP contribution in [0.1, 0.15) is 23.2 Å². The summed E-state index contributed by atoms with van der Waals surface area (Å²) in [5.41, 5.74) is 1.99. The highest BCUT2D eigenvalue weighted by molar-refractivity contribution is 6.13. The summed E-state index contributed by atoms with van der Waals surface area (Å²) in [5.74, 6) is 0.437. The molecule has 3 heterocycles. The Morgan fingerprint density at radius 2 is 1.97 bits per heavy atom. The first kappa shape index (κ1) is 17.7. The Bertz CT molecular complexity index is 1260. The van der Waals surface area contributed by atoms with Gasteiger partial charge in [0.1, 0.15) is 23.4 Å². The summed E-state index contributed by atoms with van der Waals surface area (Å²) in [6.45, 7) is 1.75. The Hall–Kier alpha value is -3.37. The lowest BCUT2D eigenvalue weighted by Crippen LogP contribution is -2.21. The van der Waals surface area contributed by atoms with Crippen molar-refractivity contribution in [2.45, 2.75) is 25.6 Å². The molecule has 0 radical (unpaired) electrons. The number of nitrogens with zero attached hydrogens (tertiary/aromatic N) is 4. The van der Waals surface area contributed by atoms with E-state index in [0.717, 1.165) is 0 Å². The van der Waals surface area contributed by atoms with Crippen molar-refractivity contribution in [1.82, 2.24) is 24.9 Å². The van der Waals surface area contributed by atoms with Crippen LogP contribution in [0, 0.1) is 12.7 Å². The fourth-order valence-electron chi connectivity index (χ4n) is 3.71. The first-order valence-corrected chi connectivity index (χ1v) is 9.01. The second kappa shape index (κ2) is 6.33. The van der Waals surface area contributed by atoms with Crippen LogP contribution in [0.3, 0.4) is 0 Å². The van der Waals surface area contributed by atoms with E-state index in [1.165, 1.54) is 18.5 Å². The van der Waals surface area contributed by atoms with Gasteiger partial charge in [-0.25, -0.2) is 14.4 Å². The average molecular weight is 396 g/mol. The van der Waals surface area contributed by atoms with Crippen molar-refractivity contribution in [2.75, 3.05) is 12.4 Å². The second-order valence-corrected chi connectivity index (χ2v) is 6.91. The zero-order valence-corrected chi connectivity index (χ0v) is 15.6. The molecule has 5 rings (SSSR count). The minimum Gasteiger partial charge on any atom is -0.421 e. The smallest absolute Gasteiger partial charge is 0.324 e. The van der Waals surface area contributed by atoms with Gasteiger partial charge in [-0.05, 0) is 13.0 Å². The number of anilines is 1. The number of aliphatic hydroxyl groups is 2. The predicted octanol–water partition coefficient (Wildman–Crippen LogP) is 2.13. The predicted molar refractivity (Wildman–Crippen MR) is 102 cm³/mol. The van der Waals surface area contributed by atoms with E-state index in [2.05, 4.69) is 30.2 Å². The van der Waals surface area contributed by atoms with E-state index in [-0.39, 0.29) is 18.1 Å². The van der Waals surface area contributed by atoms with Crippen LogP contribution in [-0.2, 0) is 6.42 Å². The topological polar surface area (TPSA) is 129 Å². The van der Waals surface area contributed by atoms with E-state index in [4.69, 9.17) is 4.74 Å². The number of halogens is 1. The maximum absolute atomic E-state index is 14.8. The molecule has 29 heavy (non-hydrogen) atoms. The third kappa shape index (κ3) is 2.68. The maximum Gasteiger partial charge on any atom is 0.324 e. The fourth-order valence-corrected chi connectivity index (χ4v) is 3.71. The van der Waals surface area contributed by atoms with Crippen LogP contribution in [0.25, 0.3) is 21.9 Å². The van der Waals surface area contributed by atoms with Gasteiger partial charge in [0, 0.05) is 24.4 Å². The molecule has 4 aromatic rings. The van der Waals surface area contributed by atoms with Gasteiger partial charge in [0.2, 0.25) is 0 Å². The molecule has 10 heteroatoms. The summed E-state index contributed by atoms with van der Waals surface area (Å²) in [4.78, 5) is 20.0. The average Bonchev–Trinajstić information content (AvgIpc) is 3.04. The molecule has 0 saturated heterocycles. The number of hydrogen-bond donors (Lipinski definition) is 4. The standard InChI is InChI=1S/C19H17FN6O3/c1-7-22-5-8(6-23-7)29-19-25-16-14-13-9(3-12(27)17(16)28)10(20)4-11(21-2)15(13)24-18(14)26-19/h4-6,12,17,21,27-28H,3H2,1-2H3,(H,24,25,26)/t12-,17-/m0/s1. The van der Waals surface area contributed by atoms with Crippen LogP contribution in [-0.4, -0.2) is 48.3 Å². The molecule has 9 nitrogen and oxygen atoms in total. The van der Waals surface area contributed by atoms with Crippen LogP contribution in [0.4, 0.5) is 10.1 Å². The number of H-pyrrole nitrogens is 1. The van der Waals surface area contributed by atoms with Gasteiger partial charge in [0.15, 0.2) is 5.75 Å². The third-order valence-corrected chi connectivity index (χ3v) is 5.08. The SMILES string of the molecule is CNc1cc(F)c2c3c1[nH]c1nc(Oc4cnc(C)nc4)nc(c13)[C@@H](O)[C@@H](O)C2. The van der Waals surface area contributed by atoms with Gasteiger partial charge in [0.25, 0.3) is 0 Å². The van der Waals surface area contributed by atoms with Crippen molar-refractivity contribution in [2.24, 2.45) is 0 Å². The van der Waals surface area contributed by atoms with E-state index < -0.39 is 18.0 Å². The van der Waals surface area contributed by atoms with Gasteiger partial charge >= 0.3 is 6.01 Å². The lowest BCUT2D eigenvalue weighted by Gasteiger charge is -2.16. The van der Waals surface area contributed by atoms with Gasteiger partial charge in [-0.1, -0.05) is 0 Å². The first-order valence-electron chi connectivity index (χ1n) is 9.01. The summed E-state index contributed by atoms with van der Waals surface area (Å²) >= 11 is 0. The molecular formula is C19H17FN6O3. The number of hydrogen-bond acceptors (Lipinski definition) is 8. The van der Waals surface area contributed by atoms with E-state index in [1.54, 1.807) is 14.0 Å². The first-order chi connectivity index (χ1) is 14.0. The molecule has 2 atom stereocenters. The van der Waals surface area contributed by atoms with E-state index in [9.17, 15) is 14.6 Å². The number of rotatable bonds is 3. The molecule has 0 spiro atoms. The number of aromatic nitrogens is 5. The maximum atomic E-state index is 14.8. The molecule has 1 aliphatic rings. The van der Waals surface area contributed by atoms with Crippen molar-refractivity contribution < 1.29 is 19.3 Å². The number of aliphatic hydroxyl groups excluding tert-OH is 2. The molecule has 1 aliphatic carbocycles. The van der Waals surface area contributed by atoms with Crippen LogP contribution in [0.5, 0.6) is 11.8 Å². The van der Waals surface area contributed by atoms with E-state index in [1.807, 2.05) is 0 Å². The second-order valence-electron chi connectivity index (χ2n) is 6.91. The molecule has 0 amide bonds. The molecule has 0 fully saturated rings. The molecule has 0 unspecified atom stereocenters. The van der Waals surface area contributed by atoms with Crippen LogP contribution >= 0.6 is 0 Å². The number of benzene rings is 1. The normalized spacial score (nSPS) is 18.4. The number of ether oxygens (including phenoxy) is 1. The number of aryl methyl sites for hydroxylation is 1. The summed E-state index contributed by atoms with van der Waals surface area (Å²) < 4.78 is 20.4. The van der Waals surface area contributed by atoms with Gasteiger partial charge in [-0.2, -0.15) is 9.97 Å². The summed E-state index contributed by atoms with van der Waals surface area (Å²) in [7, 11) is 1.68. The summed E-state index contributed by atoms with van der Waals surface area (Å²) in [6.07, 6.45) is 0.349. The summed E-state index contributed by atoms with van der Waals surface area (Å²) in [5, 5.41) is 25.1. The van der Waals surface area contributed by atoms with Gasteiger partial charge < -0.3 is 25.3 Å². The van der Waals surface area contributed by atoms with E-state index in [0.29, 0.717) is 44.8 Å². The molecule has 0 bridgehead atoms. The minimum absolute atomic E-state index is 0.0484. The van der Waals surface area contributed by atoms with E-state index >= 15 is 0 Å². The lowest BCUT2D eigenvalue weighted by molar-refractivity contribution is 0.0175. The quantitative estimate of drug-likeness (QED) is 0.415. The highest BCUT2D eigenvalue weighted by atomic mass is 19.1. The number of nitrogens with one attached hydrogen (secondary N) is 2. The monoisotopic (exact) mass is 396 g/mol. The molecule has 148 valence electrons. The third-order valence-electron chi connectivity index (χ3n) is 5.08. The molecule has 0 saturated carbocycles. The van der Waals surface area contributed by atoms with Crippen LogP contribution in [0.2, 0.25) is 0 Å². The Balaban J connectivity index is 1.78. The fraction of sp³-hybridized carbons (Fsp3) is 0.263. The van der Waals surface area contributed by atoms with Crippen LogP contribution < -0.4 is 10.1 Å². The van der Waals surface area contributed by atoms with Gasteiger partial charge in [-0.3, -0.25) is 0 Å². The highest BCUT2D eigenvalue weighted by Gasteiger charge is 2.33. The molecule has 1 aromatic carbocycles. The summed E-state index contributed by atoms with van der Waals surface area (Å²) in [6, 6.07) is 1.30. The molecule has 4 N–H and O–H groups in total. The van der Waals surface area contributed by atoms with Gasteiger partial charge in [0.05, 0.1) is 40.8 Å². The van der Waals surface area contributed by atoms with Gasteiger partial charge in [-0.15, -0.1) is 0 Å². The molecular weight excluding hydrogens is 379 g/mol. The Kier molecular flexibility index (Phi) is 3.86.